The second-order valence-corrected chi connectivity index (χ2v) is 7.35. The Labute approximate surface area is 190 Å². The predicted molar refractivity (Wildman–Crippen MR) is 125 cm³/mol. The number of carbonyl (C=O) groups is 2. The first-order chi connectivity index (χ1) is 15.9. The van der Waals surface area contributed by atoms with E-state index in [-0.39, 0.29) is 17.5 Å². The lowest BCUT2D eigenvalue weighted by molar-refractivity contribution is 0.101. The van der Waals surface area contributed by atoms with Crippen LogP contribution in [0.3, 0.4) is 0 Å². The van der Waals surface area contributed by atoms with Gasteiger partial charge in [-0.05, 0) is 61.5 Å². The first kappa shape index (κ1) is 22.0. The third kappa shape index (κ3) is 4.25. The van der Waals surface area contributed by atoms with Gasteiger partial charge < -0.3 is 23.9 Å². The Morgan fingerprint density at radius 3 is 2.15 bits per heavy atom. The molecule has 4 aromatic rings. The Kier molecular flexibility index (Phi) is 6.04. The molecule has 0 aliphatic rings. The first-order valence-corrected chi connectivity index (χ1v) is 10.2. The van der Waals surface area contributed by atoms with Gasteiger partial charge in [-0.25, -0.2) is 0 Å². The van der Waals surface area contributed by atoms with Gasteiger partial charge in [-0.15, -0.1) is 0 Å². The second kappa shape index (κ2) is 9.08. The number of amides is 1. The van der Waals surface area contributed by atoms with Crippen molar-refractivity contribution in [3.05, 3.63) is 83.1 Å². The third-order valence-electron chi connectivity index (χ3n) is 5.40. The quantitative estimate of drug-likeness (QED) is 0.391. The topological polar surface area (TPSA) is 87.0 Å². The normalized spacial score (nSPS) is 10.7. The summed E-state index contributed by atoms with van der Waals surface area (Å²) in [7, 11) is 4.62. The van der Waals surface area contributed by atoms with Gasteiger partial charge in [0.2, 0.25) is 5.78 Å². The van der Waals surface area contributed by atoms with E-state index in [1.165, 1.54) is 14.2 Å². The second-order valence-electron chi connectivity index (χ2n) is 7.35. The van der Waals surface area contributed by atoms with Crippen LogP contribution in [0.5, 0.6) is 17.2 Å². The van der Waals surface area contributed by atoms with Crippen LogP contribution in [0.15, 0.2) is 65.1 Å². The number of hydrogen-bond acceptors (Lipinski definition) is 6. The molecule has 0 aliphatic carbocycles. The van der Waals surface area contributed by atoms with Crippen molar-refractivity contribution in [3.8, 4) is 17.2 Å². The summed E-state index contributed by atoms with van der Waals surface area (Å²) in [6, 6.07) is 17.1. The van der Waals surface area contributed by atoms with Crippen molar-refractivity contribution >= 4 is 28.3 Å². The molecular weight excluding hydrogens is 422 g/mol. The van der Waals surface area contributed by atoms with E-state index in [2.05, 4.69) is 5.32 Å². The highest BCUT2D eigenvalue weighted by atomic mass is 16.5. The van der Waals surface area contributed by atoms with Gasteiger partial charge in [-0.3, -0.25) is 9.59 Å². The number of rotatable bonds is 7. The maximum atomic E-state index is 13.0. The molecule has 4 rings (SSSR count). The number of aryl methyl sites for hydroxylation is 1. The van der Waals surface area contributed by atoms with E-state index in [9.17, 15) is 9.59 Å². The fourth-order valence-electron chi connectivity index (χ4n) is 3.57. The van der Waals surface area contributed by atoms with Crippen molar-refractivity contribution < 1.29 is 28.2 Å². The van der Waals surface area contributed by atoms with Gasteiger partial charge in [-0.1, -0.05) is 0 Å². The fraction of sp³-hybridized carbons (Fsp3) is 0.154. The summed E-state index contributed by atoms with van der Waals surface area (Å²) in [5.41, 5.74) is 2.70. The molecule has 0 unspecified atom stereocenters. The van der Waals surface area contributed by atoms with E-state index in [1.807, 2.05) is 13.0 Å². The van der Waals surface area contributed by atoms with Crippen LogP contribution < -0.4 is 19.5 Å². The molecule has 1 aromatic heterocycles. The van der Waals surface area contributed by atoms with Crippen molar-refractivity contribution in [1.82, 2.24) is 0 Å². The minimum absolute atomic E-state index is 0.220. The van der Waals surface area contributed by atoms with Gasteiger partial charge in [0.25, 0.3) is 5.91 Å². The summed E-state index contributed by atoms with van der Waals surface area (Å²) in [5, 5.41) is 3.65. The van der Waals surface area contributed by atoms with Crippen LogP contribution in [0.4, 0.5) is 5.69 Å². The molecule has 0 bridgehead atoms. The monoisotopic (exact) mass is 445 g/mol. The molecule has 7 heteroatoms. The van der Waals surface area contributed by atoms with Crippen LogP contribution in [0.1, 0.15) is 32.0 Å². The molecule has 33 heavy (non-hydrogen) atoms. The Morgan fingerprint density at radius 1 is 0.788 bits per heavy atom. The molecule has 0 aliphatic heterocycles. The van der Waals surface area contributed by atoms with Crippen LogP contribution in [0.2, 0.25) is 0 Å². The minimum Gasteiger partial charge on any atom is -0.497 e. The maximum absolute atomic E-state index is 13.0. The van der Waals surface area contributed by atoms with Crippen molar-refractivity contribution in [2.24, 2.45) is 0 Å². The molecule has 3 aromatic carbocycles. The molecule has 7 nitrogen and oxygen atoms in total. The van der Waals surface area contributed by atoms with E-state index in [0.717, 1.165) is 10.9 Å². The summed E-state index contributed by atoms with van der Waals surface area (Å²) < 4.78 is 21.5. The Bertz CT molecular complexity index is 1340. The van der Waals surface area contributed by atoms with Gasteiger partial charge >= 0.3 is 0 Å². The SMILES string of the molecule is COc1ccc(C(=O)c2oc3cc(NC(=O)c4ccc(OC)c(OC)c4)ccc3c2C)cc1. The number of methoxy groups -OCH3 is 3. The number of fused-ring (bicyclic) bond motifs is 1. The van der Waals surface area contributed by atoms with Gasteiger partial charge in [0.15, 0.2) is 17.3 Å². The smallest absolute Gasteiger partial charge is 0.255 e. The lowest BCUT2D eigenvalue weighted by atomic mass is 10.0. The molecule has 1 N–H and O–H groups in total. The number of nitrogens with one attached hydrogen (secondary N) is 1. The number of furan rings is 1. The highest BCUT2D eigenvalue weighted by molar-refractivity contribution is 6.11. The van der Waals surface area contributed by atoms with E-state index in [4.69, 9.17) is 18.6 Å². The number of carbonyl (C=O) groups excluding carboxylic acids is 2. The Hall–Kier alpha value is -4.26. The molecule has 1 heterocycles. The summed E-state index contributed by atoms with van der Waals surface area (Å²) in [6.07, 6.45) is 0. The predicted octanol–water partition coefficient (Wildman–Crippen LogP) is 5.25. The zero-order valence-electron chi connectivity index (χ0n) is 18.7. The molecule has 0 spiro atoms. The van der Waals surface area contributed by atoms with E-state index >= 15 is 0 Å². The average Bonchev–Trinajstić information content (AvgIpc) is 3.18. The highest BCUT2D eigenvalue weighted by Gasteiger charge is 2.20. The number of hydrogen-bond donors (Lipinski definition) is 1. The first-order valence-electron chi connectivity index (χ1n) is 10.2. The number of benzene rings is 3. The van der Waals surface area contributed by atoms with Gasteiger partial charge in [0.1, 0.15) is 11.3 Å². The molecule has 0 saturated heterocycles. The van der Waals surface area contributed by atoms with E-state index in [0.29, 0.717) is 39.6 Å². The molecule has 0 radical (unpaired) electrons. The standard InChI is InChI=1S/C26H23NO6/c1-15-20-11-8-18(27-26(29)17-7-12-21(31-3)23(13-17)32-4)14-22(20)33-25(15)24(28)16-5-9-19(30-2)10-6-16/h5-14H,1-4H3,(H,27,29). The summed E-state index contributed by atoms with van der Waals surface area (Å²) in [4.78, 5) is 25.7. The third-order valence-corrected chi connectivity index (χ3v) is 5.40. The lowest BCUT2D eigenvalue weighted by Crippen LogP contribution is -2.12. The zero-order chi connectivity index (χ0) is 23.5. The largest absolute Gasteiger partial charge is 0.497 e. The van der Waals surface area contributed by atoms with Crippen LogP contribution in [-0.4, -0.2) is 33.0 Å². The Balaban J connectivity index is 1.59. The van der Waals surface area contributed by atoms with E-state index < -0.39 is 0 Å². The molecule has 0 fully saturated rings. The molecule has 168 valence electrons. The number of anilines is 1. The van der Waals surface area contributed by atoms with Gasteiger partial charge in [-0.2, -0.15) is 0 Å². The average molecular weight is 445 g/mol. The summed E-state index contributed by atoms with van der Waals surface area (Å²) in [6.45, 7) is 1.84. The number of ether oxygens (including phenoxy) is 3. The van der Waals surface area contributed by atoms with Gasteiger partial charge in [0.05, 0.1) is 21.3 Å². The maximum Gasteiger partial charge on any atom is 0.255 e. The molecule has 0 atom stereocenters. The van der Waals surface area contributed by atoms with Crippen LogP contribution in [0.25, 0.3) is 11.0 Å². The van der Waals surface area contributed by atoms with Crippen LogP contribution in [0, 0.1) is 6.92 Å². The van der Waals surface area contributed by atoms with Gasteiger partial charge in [0, 0.05) is 33.8 Å². The highest BCUT2D eigenvalue weighted by Crippen LogP contribution is 2.31. The van der Waals surface area contributed by atoms with Crippen molar-refractivity contribution in [2.45, 2.75) is 6.92 Å². The Morgan fingerprint density at radius 2 is 1.48 bits per heavy atom. The molecule has 0 saturated carbocycles. The summed E-state index contributed by atoms with van der Waals surface area (Å²) >= 11 is 0. The van der Waals surface area contributed by atoms with Crippen LogP contribution >= 0.6 is 0 Å². The fourth-order valence-corrected chi connectivity index (χ4v) is 3.57. The molecular formula is C26H23NO6. The van der Waals surface area contributed by atoms with Crippen molar-refractivity contribution in [3.63, 3.8) is 0 Å². The minimum atomic E-state index is -0.312. The number of ketones is 1. The van der Waals surface area contributed by atoms with Crippen molar-refractivity contribution in [1.29, 1.82) is 0 Å². The summed E-state index contributed by atoms with van der Waals surface area (Å²) in [5.74, 6) is 1.40. The zero-order valence-corrected chi connectivity index (χ0v) is 18.7. The lowest BCUT2D eigenvalue weighted by Gasteiger charge is -2.10. The van der Waals surface area contributed by atoms with Crippen molar-refractivity contribution in [2.75, 3.05) is 26.6 Å². The van der Waals surface area contributed by atoms with E-state index in [1.54, 1.807) is 61.7 Å². The molecule has 1 amide bonds. The van der Waals surface area contributed by atoms with Crippen LogP contribution in [-0.2, 0) is 0 Å².